The zero-order valence-electron chi connectivity index (χ0n) is 18.2. The van der Waals surface area contributed by atoms with Gasteiger partial charge >= 0.3 is 21.7 Å². The van der Waals surface area contributed by atoms with Crippen LogP contribution in [0.5, 0.6) is 0 Å². The fraction of sp³-hybridized carbons (Fsp3) is 0.667. The maximum absolute atomic E-state index is 13.6. The summed E-state index contributed by atoms with van der Waals surface area (Å²) in [5, 5.41) is 48.9. The van der Waals surface area contributed by atoms with Gasteiger partial charge in [-0.2, -0.15) is 18.7 Å². The summed E-state index contributed by atoms with van der Waals surface area (Å²) in [5.41, 5.74) is 5.36. The van der Waals surface area contributed by atoms with E-state index in [0.29, 0.717) is 0 Å². The minimum Gasteiger partial charge on any atom is -0.387 e. The lowest BCUT2D eigenvalue weighted by Gasteiger charge is -2.20. The first kappa shape index (κ1) is 28.3. The number of nitrogens with two attached hydrogens (primary N) is 1. The molecule has 2 aliphatic rings. The average molecular weight is 577 g/mol. The summed E-state index contributed by atoms with van der Waals surface area (Å²) in [6, 6.07) is 0. The van der Waals surface area contributed by atoms with Crippen molar-refractivity contribution in [3.05, 3.63) is 12.4 Å². The van der Waals surface area contributed by atoms with E-state index < -0.39 is 84.1 Å². The van der Waals surface area contributed by atoms with E-state index >= 15 is 0 Å². The predicted octanol–water partition coefficient (Wildman–Crippen LogP) is -3.14. The second-order valence-corrected chi connectivity index (χ2v) is 10.9. The maximum Gasteiger partial charge on any atom is 0.481 e. The van der Waals surface area contributed by atoms with E-state index in [1.165, 1.54) is 0 Å². The van der Waals surface area contributed by atoms with Gasteiger partial charge in [0.05, 0.1) is 19.5 Å². The SMILES string of the molecule is Nc1nc(F)nc2c1ncn2[C@@H]1O[C@H](COP(=O)(O)OP(=O)(O)OC[C@H]2O[C@@H](O)[C@@H](O)C2O)C(O)[C@@H]1O. The molecule has 2 fully saturated rings. The molecule has 0 amide bonds. The lowest BCUT2D eigenvalue weighted by Crippen LogP contribution is -2.34. The Labute approximate surface area is 205 Å². The van der Waals surface area contributed by atoms with Gasteiger partial charge < -0.3 is 50.5 Å². The van der Waals surface area contributed by atoms with Crippen molar-refractivity contribution < 1.29 is 71.7 Å². The van der Waals surface area contributed by atoms with Gasteiger partial charge in [-0.25, -0.2) is 14.1 Å². The Morgan fingerprint density at radius 1 is 0.946 bits per heavy atom. The topological polar surface area (TPSA) is 292 Å². The second kappa shape index (κ2) is 10.4. The Morgan fingerprint density at radius 3 is 2.08 bits per heavy atom. The standard InChI is InChI=1S/C15H22FN5O14P2/c16-15-19-11(17)6-12(20-15)21(3-18-6)13-9(24)7(22)4(33-13)1-31-36(27,28)35-37(29,30)32-2-5-8(23)10(25)14(26)34-5/h3-5,7-10,13-14,22-26H,1-2H2,(H,27,28)(H,29,30)(H2,17,19,20)/t4-,5-,7?,8?,9+,10+,13-,14-/m1/s1. The highest BCUT2D eigenvalue weighted by atomic mass is 31.3. The Kier molecular flexibility index (Phi) is 7.98. The summed E-state index contributed by atoms with van der Waals surface area (Å²) in [6.45, 7) is -1.89. The number of nitrogen functional groups attached to an aromatic ring is 1. The number of rotatable bonds is 9. The van der Waals surface area contributed by atoms with Gasteiger partial charge in [0.1, 0.15) is 36.6 Å². The van der Waals surface area contributed by atoms with E-state index in [0.717, 1.165) is 10.9 Å². The molecule has 10 atom stereocenters. The molecule has 0 aromatic carbocycles. The van der Waals surface area contributed by atoms with Crippen molar-refractivity contribution in [1.82, 2.24) is 19.5 Å². The van der Waals surface area contributed by atoms with Crippen molar-refractivity contribution in [2.45, 2.75) is 49.1 Å². The Hall–Kier alpha value is -1.74. The summed E-state index contributed by atoms with van der Waals surface area (Å²) in [4.78, 5) is 30.2. The van der Waals surface area contributed by atoms with Crippen LogP contribution in [0.1, 0.15) is 6.23 Å². The van der Waals surface area contributed by atoms with E-state index in [9.17, 15) is 48.8 Å². The molecule has 19 nitrogen and oxygen atoms in total. The zero-order chi connectivity index (χ0) is 27.3. The van der Waals surface area contributed by atoms with Crippen LogP contribution in [0.3, 0.4) is 0 Å². The Morgan fingerprint density at radius 2 is 1.51 bits per heavy atom. The number of aromatic nitrogens is 4. The molecule has 0 aliphatic carbocycles. The number of hydrogen-bond donors (Lipinski definition) is 8. The number of aliphatic hydroxyl groups excluding tert-OH is 5. The number of imidazole rings is 1. The normalized spacial score (nSPS) is 35.6. The van der Waals surface area contributed by atoms with Crippen LogP contribution in [-0.2, 0) is 32.0 Å². The molecule has 0 saturated carbocycles. The van der Waals surface area contributed by atoms with Gasteiger partial charge in [-0.15, -0.1) is 0 Å². The number of fused-ring (bicyclic) bond motifs is 1. The third-order valence-corrected chi connectivity index (χ3v) is 7.98. The number of aliphatic hydroxyl groups is 5. The van der Waals surface area contributed by atoms with Crippen LogP contribution in [-0.4, -0.2) is 111 Å². The lowest BCUT2D eigenvalue weighted by atomic mass is 10.1. The molecule has 4 heterocycles. The van der Waals surface area contributed by atoms with Gasteiger partial charge in [0.25, 0.3) is 0 Å². The number of phosphoric acid groups is 2. The van der Waals surface area contributed by atoms with E-state index in [1.54, 1.807) is 0 Å². The Balaban J connectivity index is 1.35. The molecule has 2 aromatic rings. The van der Waals surface area contributed by atoms with Crippen LogP contribution >= 0.6 is 15.6 Å². The van der Waals surface area contributed by atoms with Crippen molar-refractivity contribution in [3.63, 3.8) is 0 Å². The maximum atomic E-state index is 13.6. The fourth-order valence-electron chi connectivity index (χ4n) is 3.57. The van der Waals surface area contributed by atoms with Crippen molar-refractivity contribution in [3.8, 4) is 0 Å². The average Bonchev–Trinajstić information content (AvgIpc) is 3.41. The summed E-state index contributed by atoms with van der Waals surface area (Å²) in [6.07, 6.45) is -13.2. The largest absolute Gasteiger partial charge is 0.481 e. The number of halogens is 1. The van der Waals surface area contributed by atoms with Crippen LogP contribution in [0, 0.1) is 6.08 Å². The third kappa shape index (κ3) is 5.97. The number of nitrogens with zero attached hydrogens (tertiary/aromatic N) is 4. The molecule has 2 saturated heterocycles. The van der Waals surface area contributed by atoms with Crippen molar-refractivity contribution >= 4 is 32.6 Å². The van der Waals surface area contributed by atoms with E-state index in [4.69, 9.17) is 15.2 Å². The van der Waals surface area contributed by atoms with Gasteiger partial charge in [-0.05, 0) is 0 Å². The molecule has 9 N–H and O–H groups in total. The molecule has 37 heavy (non-hydrogen) atoms. The zero-order valence-corrected chi connectivity index (χ0v) is 20.0. The van der Waals surface area contributed by atoms with Crippen molar-refractivity contribution in [2.75, 3.05) is 18.9 Å². The first-order chi connectivity index (χ1) is 17.2. The highest BCUT2D eigenvalue weighted by molar-refractivity contribution is 7.61. The van der Waals surface area contributed by atoms with E-state index in [1.807, 2.05) is 0 Å². The fourth-order valence-corrected chi connectivity index (χ4v) is 5.66. The number of hydrogen-bond acceptors (Lipinski definition) is 16. The monoisotopic (exact) mass is 577 g/mol. The second-order valence-electron chi connectivity index (χ2n) is 7.90. The molecule has 4 rings (SSSR count). The third-order valence-electron chi connectivity index (χ3n) is 5.38. The quantitative estimate of drug-likeness (QED) is 0.108. The van der Waals surface area contributed by atoms with Crippen LogP contribution in [0.2, 0.25) is 0 Å². The summed E-state index contributed by atoms with van der Waals surface area (Å²) in [5.74, 6) is -0.301. The summed E-state index contributed by atoms with van der Waals surface area (Å²) < 4.78 is 62.0. The first-order valence-electron chi connectivity index (χ1n) is 10.2. The number of ether oxygens (including phenoxy) is 2. The van der Waals surface area contributed by atoms with E-state index in [-0.39, 0.29) is 17.0 Å². The lowest BCUT2D eigenvalue weighted by molar-refractivity contribution is -0.132. The van der Waals surface area contributed by atoms with Gasteiger partial charge in [-0.1, -0.05) is 0 Å². The van der Waals surface area contributed by atoms with Crippen LogP contribution in [0.25, 0.3) is 11.2 Å². The molecule has 208 valence electrons. The molecule has 0 radical (unpaired) electrons. The molecule has 0 bridgehead atoms. The predicted molar refractivity (Wildman–Crippen MR) is 111 cm³/mol. The highest BCUT2D eigenvalue weighted by Crippen LogP contribution is 2.60. The van der Waals surface area contributed by atoms with Crippen molar-refractivity contribution in [1.29, 1.82) is 0 Å². The summed E-state index contributed by atoms with van der Waals surface area (Å²) in [7, 11) is -10.7. The molecule has 0 spiro atoms. The molecular weight excluding hydrogens is 555 g/mol. The van der Waals surface area contributed by atoms with Gasteiger partial charge in [0, 0.05) is 0 Å². The Bertz CT molecular complexity index is 1240. The minimum absolute atomic E-state index is 0.0297. The molecule has 22 heteroatoms. The number of anilines is 1. The van der Waals surface area contributed by atoms with Gasteiger partial charge in [0.2, 0.25) is 0 Å². The minimum atomic E-state index is -5.36. The van der Waals surface area contributed by atoms with Gasteiger partial charge in [0.15, 0.2) is 29.5 Å². The smallest absolute Gasteiger partial charge is 0.387 e. The summed E-state index contributed by atoms with van der Waals surface area (Å²) >= 11 is 0. The first-order valence-corrected chi connectivity index (χ1v) is 13.2. The van der Waals surface area contributed by atoms with Crippen LogP contribution < -0.4 is 5.73 Å². The number of phosphoric ester groups is 2. The van der Waals surface area contributed by atoms with Crippen LogP contribution in [0.4, 0.5) is 10.2 Å². The van der Waals surface area contributed by atoms with Gasteiger partial charge in [-0.3, -0.25) is 13.6 Å². The highest BCUT2D eigenvalue weighted by Gasteiger charge is 2.47. The molecule has 2 aromatic heterocycles. The molecule has 4 unspecified atom stereocenters. The van der Waals surface area contributed by atoms with Crippen molar-refractivity contribution in [2.24, 2.45) is 0 Å². The molecular formula is C15H22FN5O14P2. The van der Waals surface area contributed by atoms with Crippen LogP contribution in [0.15, 0.2) is 6.33 Å². The molecule has 2 aliphatic heterocycles. The van der Waals surface area contributed by atoms with E-state index in [2.05, 4.69) is 28.3 Å².